The van der Waals surface area contributed by atoms with Crippen LogP contribution in [0.4, 0.5) is 0 Å². The first-order valence-corrected chi connectivity index (χ1v) is 4.37. The minimum Gasteiger partial charge on any atom is -0.356 e. The van der Waals surface area contributed by atoms with E-state index >= 15 is 0 Å². The van der Waals surface area contributed by atoms with E-state index in [2.05, 4.69) is 19.2 Å². The fourth-order valence-corrected chi connectivity index (χ4v) is 0.537. The van der Waals surface area contributed by atoms with Crippen LogP contribution >= 0.6 is 0 Å². The van der Waals surface area contributed by atoms with E-state index in [-0.39, 0.29) is 7.33 Å². The summed E-state index contributed by atoms with van der Waals surface area (Å²) in [7, 11) is 0. The van der Waals surface area contributed by atoms with E-state index in [0.717, 1.165) is 13.0 Å². The zero-order valence-corrected chi connectivity index (χ0v) is 8.40. The van der Waals surface area contributed by atoms with Gasteiger partial charge in [0.1, 0.15) is 0 Å². The average Bonchev–Trinajstić information content (AvgIpc) is 1.90. The molecule has 0 aliphatic carbocycles. The molecule has 0 rings (SSSR count). The van der Waals surface area contributed by atoms with Crippen molar-refractivity contribution in [2.75, 3.05) is 6.54 Å². The number of hydrogen-bond donors (Lipinski definition) is 1. The van der Waals surface area contributed by atoms with Gasteiger partial charge in [0.15, 0.2) is 0 Å². The van der Waals surface area contributed by atoms with Crippen LogP contribution in [0.15, 0.2) is 0 Å². The maximum Gasteiger partial charge on any atom is 0.216 e. The Morgan fingerprint density at radius 2 is 1.91 bits per heavy atom. The molecule has 0 heterocycles. The molecule has 0 aliphatic heterocycles. The highest BCUT2D eigenvalue weighted by atomic mass is 16.1. The highest BCUT2D eigenvalue weighted by Gasteiger charge is 1.93. The molecule has 0 aromatic rings. The first kappa shape index (κ1) is 13.1. The molecule has 0 atom stereocenters. The van der Waals surface area contributed by atoms with E-state index in [0.29, 0.717) is 5.92 Å². The van der Waals surface area contributed by atoms with Crippen molar-refractivity contribution in [3.05, 3.63) is 0 Å². The maximum atomic E-state index is 10.3. The number of amides is 1. The Morgan fingerprint density at radius 3 is 2.18 bits per heavy atom. The summed E-state index contributed by atoms with van der Waals surface area (Å²) in [5, 5.41) is 2.74. The number of hydrogen-bond acceptors (Lipinski definition) is 1. The second-order valence-corrected chi connectivity index (χ2v) is 2.67. The minimum absolute atomic E-state index is 0. The first-order valence-electron chi connectivity index (χ1n) is 4.37. The molecule has 2 nitrogen and oxygen atoms in total. The van der Waals surface area contributed by atoms with E-state index < -0.39 is 0 Å². The third kappa shape index (κ3) is 17.7. The van der Waals surface area contributed by atoms with Crippen LogP contribution in [0.1, 0.15) is 42.5 Å². The van der Waals surface area contributed by atoms with Gasteiger partial charge in [-0.2, -0.15) is 0 Å². The van der Waals surface area contributed by atoms with Crippen molar-refractivity contribution in [1.82, 2.24) is 5.32 Å². The summed E-state index contributed by atoms with van der Waals surface area (Å²) in [6.07, 6.45) is 1.07. The standard InChI is InChI=1S/C7H15NO.C2H6.H2/c1-6(2)4-5-8-7(3)9;1-2;/h6H,4-5H2,1-3H3,(H,8,9);1-2H3;1H. The number of carbonyl (C=O) groups is 1. The highest BCUT2D eigenvalue weighted by molar-refractivity contribution is 5.72. The Labute approximate surface area is 71.9 Å². The molecule has 0 unspecified atom stereocenters. The van der Waals surface area contributed by atoms with E-state index in [1.807, 2.05) is 13.8 Å². The smallest absolute Gasteiger partial charge is 0.216 e. The normalized spacial score (nSPS) is 8.55. The van der Waals surface area contributed by atoms with Gasteiger partial charge in [0.05, 0.1) is 0 Å². The van der Waals surface area contributed by atoms with Crippen molar-refractivity contribution in [3.63, 3.8) is 0 Å². The van der Waals surface area contributed by atoms with Crippen molar-refractivity contribution in [1.29, 1.82) is 0 Å². The van der Waals surface area contributed by atoms with Crippen LogP contribution in [0, 0.1) is 5.92 Å². The van der Waals surface area contributed by atoms with Gasteiger partial charge in [-0.3, -0.25) is 4.79 Å². The van der Waals surface area contributed by atoms with Gasteiger partial charge in [-0.1, -0.05) is 27.7 Å². The molecule has 0 fully saturated rings. The molecule has 1 amide bonds. The molecule has 1 N–H and O–H groups in total. The monoisotopic (exact) mass is 161 g/mol. The molecule has 2 heteroatoms. The summed E-state index contributed by atoms with van der Waals surface area (Å²) in [4.78, 5) is 10.3. The first-order chi connectivity index (χ1) is 5.13. The lowest BCUT2D eigenvalue weighted by Crippen LogP contribution is -2.21. The Bertz CT molecular complexity index is 94.5. The van der Waals surface area contributed by atoms with Crippen molar-refractivity contribution in [2.24, 2.45) is 5.92 Å². The van der Waals surface area contributed by atoms with Gasteiger partial charge in [0.25, 0.3) is 0 Å². The van der Waals surface area contributed by atoms with Crippen LogP contribution in [0.3, 0.4) is 0 Å². The Morgan fingerprint density at radius 1 is 1.45 bits per heavy atom. The second-order valence-electron chi connectivity index (χ2n) is 2.67. The summed E-state index contributed by atoms with van der Waals surface area (Å²) in [6.45, 7) is 10.6. The molecule has 0 saturated carbocycles. The van der Waals surface area contributed by atoms with Gasteiger partial charge in [-0.05, 0) is 12.3 Å². The second kappa shape index (κ2) is 9.47. The molecule has 0 saturated heterocycles. The SMILES string of the molecule is CC.CC(=O)NCCC(C)C.[HH]. The van der Waals surface area contributed by atoms with E-state index in [1.54, 1.807) is 6.92 Å². The number of rotatable bonds is 3. The van der Waals surface area contributed by atoms with Gasteiger partial charge >= 0.3 is 0 Å². The summed E-state index contributed by atoms with van der Waals surface area (Å²) in [5.41, 5.74) is 0. The van der Waals surface area contributed by atoms with Crippen molar-refractivity contribution in [3.8, 4) is 0 Å². The predicted octanol–water partition coefficient (Wildman–Crippen LogP) is 2.44. The number of carbonyl (C=O) groups excluding carboxylic acids is 1. The quantitative estimate of drug-likeness (QED) is 0.676. The lowest BCUT2D eigenvalue weighted by Gasteiger charge is -2.03. The van der Waals surface area contributed by atoms with Gasteiger partial charge in [0, 0.05) is 14.9 Å². The Hall–Kier alpha value is -0.530. The van der Waals surface area contributed by atoms with Crippen LogP contribution < -0.4 is 5.32 Å². The van der Waals surface area contributed by atoms with Crippen LogP contribution in [0.2, 0.25) is 0 Å². The molecular weight excluding hydrogens is 138 g/mol. The van der Waals surface area contributed by atoms with E-state index in [1.165, 1.54) is 0 Å². The lowest BCUT2D eigenvalue weighted by atomic mass is 10.1. The fourth-order valence-electron chi connectivity index (χ4n) is 0.537. The summed E-state index contributed by atoms with van der Waals surface area (Å²) < 4.78 is 0. The Kier molecular flexibility index (Phi) is 11.3. The lowest BCUT2D eigenvalue weighted by molar-refractivity contribution is -0.118. The van der Waals surface area contributed by atoms with Crippen molar-refractivity contribution < 1.29 is 6.22 Å². The highest BCUT2D eigenvalue weighted by Crippen LogP contribution is 1.95. The minimum atomic E-state index is 0. The van der Waals surface area contributed by atoms with Crippen molar-refractivity contribution in [2.45, 2.75) is 41.0 Å². The van der Waals surface area contributed by atoms with Gasteiger partial charge in [-0.25, -0.2) is 0 Å². The Balaban J connectivity index is -0.000000249. The molecular formula is C9H23NO. The molecule has 0 radical (unpaired) electrons. The molecule has 0 spiro atoms. The zero-order chi connectivity index (χ0) is 9.28. The molecule has 0 aromatic heterocycles. The molecule has 11 heavy (non-hydrogen) atoms. The molecule has 0 aliphatic rings. The van der Waals surface area contributed by atoms with E-state index in [4.69, 9.17) is 0 Å². The predicted molar refractivity (Wildman–Crippen MR) is 51.6 cm³/mol. The van der Waals surface area contributed by atoms with Gasteiger partial charge in [-0.15, -0.1) is 0 Å². The van der Waals surface area contributed by atoms with Crippen LogP contribution in [-0.2, 0) is 4.79 Å². The van der Waals surface area contributed by atoms with Crippen LogP contribution in [0.5, 0.6) is 0 Å². The zero-order valence-electron chi connectivity index (χ0n) is 8.40. The molecule has 0 aromatic carbocycles. The molecule has 0 bridgehead atoms. The third-order valence-corrected chi connectivity index (χ3v) is 1.10. The van der Waals surface area contributed by atoms with E-state index in [9.17, 15) is 4.79 Å². The fraction of sp³-hybridized carbons (Fsp3) is 0.889. The topological polar surface area (TPSA) is 29.1 Å². The van der Waals surface area contributed by atoms with Gasteiger partial charge in [0.2, 0.25) is 5.91 Å². The summed E-state index contributed by atoms with van der Waals surface area (Å²) in [6, 6.07) is 0. The van der Waals surface area contributed by atoms with Crippen LogP contribution in [0.25, 0.3) is 0 Å². The maximum absolute atomic E-state index is 10.3. The number of nitrogens with one attached hydrogen (secondary N) is 1. The van der Waals surface area contributed by atoms with Crippen LogP contribution in [-0.4, -0.2) is 12.5 Å². The molecule has 70 valence electrons. The van der Waals surface area contributed by atoms with Crippen molar-refractivity contribution >= 4 is 5.91 Å². The largest absolute Gasteiger partial charge is 0.356 e. The average molecular weight is 161 g/mol. The summed E-state index contributed by atoms with van der Waals surface area (Å²) >= 11 is 0. The van der Waals surface area contributed by atoms with Gasteiger partial charge < -0.3 is 5.32 Å². The summed E-state index contributed by atoms with van der Waals surface area (Å²) in [5.74, 6) is 0.743. The third-order valence-electron chi connectivity index (χ3n) is 1.10.